The van der Waals surface area contributed by atoms with Crippen molar-refractivity contribution in [3.05, 3.63) is 49.8 Å². The minimum atomic E-state index is -1.08. The number of benzene rings is 1. The van der Waals surface area contributed by atoms with Crippen molar-refractivity contribution in [2.45, 2.75) is 19.9 Å². The Labute approximate surface area is 151 Å². The summed E-state index contributed by atoms with van der Waals surface area (Å²) in [7, 11) is 0. The lowest BCUT2D eigenvalue weighted by Crippen LogP contribution is -2.28. The van der Waals surface area contributed by atoms with Crippen molar-refractivity contribution in [1.82, 2.24) is 9.55 Å². The monoisotopic (exact) mass is 382 g/mol. The van der Waals surface area contributed by atoms with Gasteiger partial charge in [0.25, 0.3) is 5.56 Å². The quantitative estimate of drug-likeness (QED) is 0.737. The van der Waals surface area contributed by atoms with Crippen molar-refractivity contribution in [2.75, 3.05) is 0 Å². The average molecular weight is 383 g/mol. The van der Waals surface area contributed by atoms with E-state index in [9.17, 15) is 9.59 Å². The molecule has 1 aromatic carbocycles. The summed E-state index contributed by atoms with van der Waals surface area (Å²) in [5.41, 5.74) is 1.05. The Kier molecular flexibility index (Phi) is 4.62. The number of hydrogen-bond acceptors (Lipinski definition) is 4. The number of carbonyl (C=O) groups is 1. The first-order valence-electron chi connectivity index (χ1n) is 7.10. The number of carboxylic acid groups (broad SMARTS) is 1. The van der Waals surface area contributed by atoms with E-state index in [0.29, 0.717) is 38.1 Å². The molecule has 124 valence electrons. The van der Waals surface area contributed by atoms with E-state index in [2.05, 4.69) is 4.98 Å². The third kappa shape index (κ3) is 2.92. The molecular formula is C16H12Cl2N2O3S. The van der Waals surface area contributed by atoms with Crippen LogP contribution in [0.4, 0.5) is 0 Å². The van der Waals surface area contributed by atoms with Gasteiger partial charge in [-0.2, -0.15) is 0 Å². The maximum atomic E-state index is 12.9. The molecule has 2 aromatic heterocycles. The molecule has 0 aliphatic heterocycles. The normalized spacial score (nSPS) is 11.1. The lowest BCUT2D eigenvalue weighted by Gasteiger charge is -2.09. The molecule has 0 atom stereocenters. The Hall–Kier alpha value is -1.89. The SMILES string of the molecule is CCc1nc2scc(-c3ccc(Cl)c(Cl)c3)c2c(=O)n1CC(=O)O. The number of aliphatic carboxylic acids is 1. The molecule has 0 unspecified atom stereocenters. The fourth-order valence-corrected chi connectivity index (χ4v) is 3.77. The Bertz CT molecular complexity index is 1010. The predicted molar refractivity (Wildman–Crippen MR) is 96.3 cm³/mol. The molecule has 1 N–H and O–H groups in total. The van der Waals surface area contributed by atoms with Gasteiger partial charge in [-0.15, -0.1) is 11.3 Å². The highest BCUT2D eigenvalue weighted by molar-refractivity contribution is 7.17. The highest BCUT2D eigenvalue weighted by Gasteiger charge is 2.18. The number of thiophene rings is 1. The first-order valence-corrected chi connectivity index (χ1v) is 8.74. The van der Waals surface area contributed by atoms with E-state index in [1.807, 2.05) is 12.3 Å². The van der Waals surface area contributed by atoms with E-state index in [1.165, 1.54) is 15.9 Å². The number of carboxylic acids is 1. The molecule has 0 aliphatic rings. The molecular weight excluding hydrogens is 371 g/mol. The van der Waals surface area contributed by atoms with E-state index in [4.69, 9.17) is 28.3 Å². The molecule has 0 saturated heterocycles. The summed E-state index contributed by atoms with van der Waals surface area (Å²) in [4.78, 5) is 29.0. The van der Waals surface area contributed by atoms with Crippen molar-refractivity contribution in [3.8, 4) is 11.1 Å². The fraction of sp³-hybridized carbons (Fsp3) is 0.188. The van der Waals surface area contributed by atoms with Gasteiger partial charge in [-0.3, -0.25) is 14.2 Å². The second-order valence-electron chi connectivity index (χ2n) is 5.13. The van der Waals surface area contributed by atoms with Gasteiger partial charge in [0.2, 0.25) is 0 Å². The topological polar surface area (TPSA) is 72.2 Å². The minimum Gasteiger partial charge on any atom is -0.480 e. The number of fused-ring (bicyclic) bond motifs is 1. The van der Waals surface area contributed by atoms with Crippen LogP contribution in [0.3, 0.4) is 0 Å². The van der Waals surface area contributed by atoms with Gasteiger partial charge in [0, 0.05) is 17.4 Å². The zero-order chi connectivity index (χ0) is 17.4. The van der Waals surface area contributed by atoms with Gasteiger partial charge < -0.3 is 5.11 Å². The third-order valence-corrected chi connectivity index (χ3v) is 5.22. The van der Waals surface area contributed by atoms with Crippen LogP contribution in [0.2, 0.25) is 10.0 Å². The van der Waals surface area contributed by atoms with Gasteiger partial charge in [-0.25, -0.2) is 4.98 Å². The minimum absolute atomic E-state index is 0.360. The Morgan fingerprint density at radius 3 is 2.71 bits per heavy atom. The molecule has 24 heavy (non-hydrogen) atoms. The fourth-order valence-electron chi connectivity index (χ4n) is 2.51. The summed E-state index contributed by atoms with van der Waals surface area (Å²) in [5, 5.41) is 12.1. The lowest BCUT2D eigenvalue weighted by molar-refractivity contribution is -0.137. The van der Waals surface area contributed by atoms with Gasteiger partial charge in [-0.1, -0.05) is 36.2 Å². The van der Waals surface area contributed by atoms with Gasteiger partial charge >= 0.3 is 5.97 Å². The molecule has 0 saturated carbocycles. The van der Waals surface area contributed by atoms with Gasteiger partial charge in [0.15, 0.2) is 0 Å². The summed E-state index contributed by atoms with van der Waals surface area (Å²) in [6.07, 6.45) is 0.471. The highest BCUT2D eigenvalue weighted by atomic mass is 35.5. The van der Waals surface area contributed by atoms with Crippen LogP contribution < -0.4 is 5.56 Å². The van der Waals surface area contributed by atoms with Crippen LogP contribution in [0.15, 0.2) is 28.4 Å². The number of halogens is 2. The standard InChI is InChI=1S/C16H12Cl2N2O3S/c1-2-12-19-15-14(16(23)20(12)6-13(21)22)9(7-24-15)8-3-4-10(17)11(18)5-8/h3-5,7H,2,6H2,1H3,(H,21,22). The Balaban J connectivity index is 2.29. The van der Waals surface area contributed by atoms with Crippen LogP contribution in [-0.4, -0.2) is 20.6 Å². The van der Waals surface area contributed by atoms with Crippen molar-refractivity contribution in [3.63, 3.8) is 0 Å². The van der Waals surface area contributed by atoms with Crippen LogP contribution in [0.25, 0.3) is 21.3 Å². The largest absolute Gasteiger partial charge is 0.480 e. The second-order valence-corrected chi connectivity index (χ2v) is 6.80. The summed E-state index contributed by atoms with van der Waals surface area (Å²) in [6, 6.07) is 5.11. The Morgan fingerprint density at radius 2 is 2.08 bits per heavy atom. The van der Waals surface area contributed by atoms with Gasteiger partial charge in [0.1, 0.15) is 17.2 Å². The first kappa shape index (κ1) is 17.0. The molecule has 3 rings (SSSR count). The van der Waals surface area contributed by atoms with Crippen LogP contribution in [0, 0.1) is 0 Å². The smallest absolute Gasteiger partial charge is 0.323 e. The van der Waals surface area contributed by atoms with E-state index >= 15 is 0 Å². The lowest BCUT2D eigenvalue weighted by atomic mass is 10.1. The second kappa shape index (κ2) is 6.55. The van der Waals surface area contributed by atoms with Gasteiger partial charge in [0.05, 0.1) is 15.4 Å². The van der Waals surface area contributed by atoms with Crippen LogP contribution in [0.1, 0.15) is 12.7 Å². The zero-order valence-electron chi connectivity index (χ0n) is 12.5. The summed E-state index contributed by atoms with van der Waals surface area (Å²) in [6.45, 7) is 1.42. The van der Waals surface area contributed by atoms with Crippen LogP contribution in [0.5, 0.6) is 0 Å². The summed E-state index contributed by atoms with van der Waals surface area (Å²) >= 11 is 13.3. The number of rotatable bonds is 4. The maximum Gasteiger partial charge on any atom is 0.323 e. The molecule has 0 bridgehead atoms. The number of nitrogens with zero attached hydrogens (tertiary/aromatic N) is 2. The van der Waals surface area contributed by atoms with Crippen molar-refractivity contribution < 1.29 is 9.90 Å². The molecule has 8 heteroatoms. The van der Waals surface area contributed by atoms with Crippen molar-refractivity contribution >= 4 is 50.7 Å². The predicted octanol–water partition coefficient (Wildman–Crippen LogP) is 4.08. The van der Waals surface area contributed by atoms with Crippen molar-refractivity contribution in [1.29, 1.82) is 0 Å². The van der Waals surface area contributed by atoms with E-state index in [1.54, 1.807) is 18.2 Å². The molecule has 2 heterocycles. The molecule has 0 radical (unpaired) electrons. The summed E-state index contributed by atoms with van der Waals surface area (Å²) in [5.74, 6) is -0.628. The number of hydrogen-bond donors (Lipinski definition) is 1. The molecule has 0 fully saturated rings. The number of aromatic nitrogens is 2. The van der Waals surface area contributed by atoms with E-state index in [-0.39, 0.29) is 5.56 Å². The van der Waals surface area contributed by atoms with E-state index < -0.39 is 12.5 Å². The molecule has 0 aliphatic carbocycles. The molecule has 5 nitrogen and oxygen atoms in total. The average Bonchev–Trinajstić information content (AvgIpc) is 2.96. The highest BCUT2D eigenvalue weighted by Crippen LogP contribution is 2.34. The third-order valence-electron chi connectivity index (χ3n) is 3.61. The maximum absolute atomic E-state index is 12.9. The van der Waals surface area contributed by atoms with Crippen LogP contribution >= 0.6 is 34.5 Å². The van der Waals surface area contributed by atoms with E-state index in [0.717, 1.165) is 5.56 Å². The molecule has 0 amide bonds. The molecule has 0 spiro atoms. The Morgan fingerprint density at radius 1 is 1.33 bits per heavy atom. The van der Waals surface area contributed by atoms with Gasteiger partial charge in [-0.05, 0) is 17.7 Å². The zero-order valence-corrected chi connectivity index (χ0v) is 14.9. The van der Waals surface area contributed by atoms with Crippen LogP contribution in [-0.2, 0) is 17.8 Å². The number of aryl methyl sites for hydroxylation is 1. The summed E-state index contributed by atoms with van der Waals surface area (Å²) < 4.78 is 1.21. The first-order chi connectivity index (χ1) is 11.4. The molecule has 3 aromatic rings. The van der Waals surface area contributed by atoms with Crippen molar-refractivity contribution in [2.24, 2.45) is 0 Å².